The van der Waals surface area contributed by atoms with Crippen molar-refractivity contribution in [2.45, 2.75) is 6.61 Å². The molecule has 1 aromatic rings. The zero-order valence-corrected chi connectivity index (χ0v) is 8.48. The van der Waals surface area contributed by atoms with E-state index in [1.54, 1.807) is 0 Å². The van der Waals surface area contributed by atoms with Gasteiger partial charge >= 0.3 is 6.61 Å². The van der Waals surface area contributed by atoms with E-state index < -0.39 is 25.0 Å². The number of carbonyl (C=O) groups is 2. The molecule has 1 N–H and O–H groups in total. The van der Waals surface area contributed by atoms with Crippen molar-refractivity contribution in [1.82, 2.24) is 5.32 Å². The summed E-state index contributed by atoms with van der Waals surface area (Å²) in [5.41, 5.74) is 0.132. The highest BCUT2D eigenvalue weighted by atomic mass is 19.3. The molecule has 0 aromatic heterocycles. The van der Waals surface area contributed by atoms with Crippen LogP contribution in [0.25, 0.3) is 0 Å². The monoisotopic (exact) mass is 244 g/mol. The summed E-state index contributed by atoms with van der Waals surface area (Å²) in [5.74, 6) is -2.15. The molecule has 1 rings (SSSR count). The van der Waals surface area contributed by atoms with E-state index in [4.69, 9.17) is 0 Å². The van der Waals surface area contributed by atoms with Crippen LogP contribution in [0.1, 0.15) is 10.4 Å². The van der Waals surface area contributed by atoms with E-state index in [-0.39, 0.29) is 11.3 Å². The molecule has 0 spiro atoms. The predicted molar refractivity (Wildman–Crippen MR) is 50.4 cm³/mol. The molecule has 0 bridgehead atoms. The van der Waals surface area contributed by atoms with Gasteiger partial charge in [0, 0.05) is 5.56 Å². The second-order valence-corrected chi connectivity index (χ2v) is 2.96. The Morgan fingerprint density at radius 3 is 2.35 bits per heavy atom. The summed E-state index contributed by atoms with van der Waals surface area (Å²) in [7, 11) is 0. The number of aliphatic carboxylic acids is 1. The number of carbonyl (C=O) groups excluding carboxylic acids is 2. The maximum Gasteiger partial charge on any atom is 0.387 e. The largest absolute Gasteiger partial charge is 0.548 e. The van der Waals surface area contributed by atoms with E-state index in [1.165, 1.54) is 24.3 Å². The number of rotatable bonds is 5. The van der Waals surface area contributed by atoms with Gasteiger partial charge in [-0.25, -0.2) is 0 Å². The molecule has 0 saturated heterocycles. The molecule has 0 unspecified atom stereocenters. The minimum absolute atomic E-state index is 0.0866. The minimum Gasteiger partial charge on any atom is -0.548 e. The molecule has 7 heteroatoms. The highest BCUT2D eigenvalue weighted by molar-refractivity contribution is 5.95. The molecule has 0 fully saturated rings. The maximum absolute atomic E-state index is 11.8. The van der Waals surface area contributed by atoms with Gasteiger partial charge < -0.3 is 20.0 Å². The summed E-state index contributed by atoms with van der Waals surface area (Å²) >= 11 is 0. The van der Waals surface area contributed by atoms with Gasteiger partial charge in [-0.15, -0.1) is 0 Å². The van der Waals surface area contributed by atoms with E-state index in [2.05, 4.69) is 10.1 Å². The van der Waals surface area contributed by atoms with Gasteiger partial charge in [0.1, 0.15) is 5.75 Å². The third kappa shape index (κ3) is 4.45. The van der Waals surface area contributed by atoms with E-state index in [0.717, 1.165) is 0 Å². The second kappa shape index (κ2) is 5.78. The number of alkyl halides is 2. The van der Waals surface area contributed by atoms with E-state index >= 15 is 0 Å². The lowest BCUT2D eigenvalue weighted by Crippen LogP contribution is -2.37. The number of amides is 1. The Hall–Kier alpha value is -2.18. The van der Waals surface area contributed by atoms with Crippen molar-refractivity contribution in [1.29, 1.82) is 0 Å². The Balaban J connectivity index is 2.60. The van der Waals surface area contributed by atoms with Crippen LogP contribution in [0.15, 0.2) is 24.3 Å². The summed E-state index contributed by atoms with van der Waals surface area (Å²) in [5, 5.41) is 12.1. The molecule has 0 saturated carbocycles. The van der Waals surface area contributed by atoms with Gasteiger partial charge in [-0.3, -0.25) is 4.79 Å². The van der Waals surface area contributed by atoms with Crippen molar-refractivity contribution in [2.24, 2.45) is 0 Å². The molecule has 0 aliphatic carbocycles. The van der Waals surface area contributed by atoms with E-state index in [9.17, 15) is 23.5 Å². The summed E-state index contributed by atoms with van der Waals surface area (Å²) in [6, 6.07) is 4.84. The van der Waals surface area contributed by atoms with Crippen molar-refractivity contribution in [3.05, 3.63) is 29.8 Å². The van der Waals surface area contributed by atoms with Gasteiger partial charge in [0.25, 0.3) is 5.91 Å². The van der Waals surface area contributed by atoms with Gasteiger partial charge in [0.05, 0.1) is 12.5 Å². The number of carboxylic acids is 1. The number of hydrogen-bond donors (Lipinski definition) is 1. The first-order chi connectivity index (χ1) is 7.99. The molecular weight excluding hydrogens is 236 g/mol. The summed E-state index contributed by atoms with van der Waals surface area (Å²) < 4.78 is 27.7. The molecule has 92 valence electrons. The lowest BCUT2D eigenvalue weighted by Gasteiger charge is -2.07. The topological polar surface area (TPSA) is 78.5 Å². The third-order valence-electron chi connectivity index (χ3n) is 1.73. The van der Waals surface area contributed by atoms with E-state index in [1.807, 2.05) is 0 Å². The lowest BCUT2D eigenvalue weighted by molar-refractivity contribution is -0.303. The number of ether oxygens (including phenoxy) is 1. The fourth-order valence-electron chi connectivity index (χ4n) is 1.04. The first-order valence-electron chi connectivity index (χ1n) is 4.52. The average Bonchev–Trinajstić information content (AvgIpc) is 2.26. The minimum atomic E-state index is -2.94. The fraction of sp³-hybridized carbons (Fsp3) is 0.200. The summed E-state index contributed by atoms with van der Waals surface area (Å²) in [6.45, 7) is -3.55. The molecule has 0 aliphatic heterocycles. The van der Waals surface area contributed by atoms with Crippen LogP contribution in [0.5, 0.6) is 5.75 Å². The third-order valence-corrected chi connectivity index (χ3v) is 1.73. The normalized spacial score (nSPS) is 10.1. The number of benzene rings is 1. The average molecular weight is 244 g/mol. The highest BCUT2D eigenvalue weighted by Crippen LogP contribution is 2.14. The SMILES string of the molecule is O=C([O-])CNC(=O)c1ccc(OC(F)F)cc1. The van der Waals surface area contributed by atoms with Crippen LogP contribution in [-0.4, -0.2) is 25.0 Å². The first-order valence-corrected chi connectivity index (χ1v) is 4.52. The van der Waals surface area contributed by atoms with Crippen LogP contribution in [0.4, 0.5) is 8.78 Å². The predicted octanol–water partition coefficient (Wildman–Crippen LogP) is -0.232. The summed E-state index contributed by atoms with van der Waals surface area (Å²) in [6.07, 6.45) is 0. The van der Waals surface area contributed by atoms with Crippen molar-refractivity contribution in [3.8, 4) is 5.75 Å². The number of nitrogens with one attached hydrogen (secondary N) is 1. The van der Waals surface area contributed by atoms with Gasteiger partial charge in [-0.05, 0) is 24.3 Å². The zero-order valence-electron chi connectivity index (χ0n) is 8.48. The fourth-order valence-corrected chi connectivity index (χ4v) is 1.04. The number of halogens is 2. The Bertz CT molecular complexity index is 405. The van der Waals surface area contributed by atoms with Crippen LogP contribution < -0.4 is 15.2 Å². The maximum atomic E-state index is 11.8. The number of carboxylic acid groups (broad SMARTS) is 1. The van der Waals surface area contributed by atoms with Gasteiger partial charge in [-0.2, -0.15) is 8.78 Å². The van der Waals surface area contributed by atoms with Crippen LogP contribution in [0, 0.1) is 0 Å². The molecule has 5 nitrogen and oxygen atoms in total. The van der Waals surface area contributed by atoms with E-state index in [0.29, 0.717) is 0 Å². The quantitative estimate of drug-likeness (QED) is 0.775. The van der Waals surface area contributed by atoms with Crippen molar-refractivity contribution in [3.63, 3.8) is 0 Å². The van der Waals surface area contributed by atoms with Gasteiger partial charge in [0.2, 0.25) is 0 Å². The van der Waals surface area contributed by atoms with Crippen molar-refractivity contribution >= 4 is 11.9 Å². The zero-order chi connectivity index (χ0) is 12.8. The smallest absolute Gasteiger partial charge is 0.387 e. The molecule has 0 heterocycles. The van der Waals surface area contributed by atoms with Crippen LogP contribution in [-0.2, 0) is 4.79 Å². The Morgan fingerprint density at radius 2 is 1.88 bits per heavy atom. The van der Waals surface area contributed by atoms with Crippen LogP contribution in [0.3, 0.4) is 0 Å². The Morgan fingerprint density at radius 1 is 1.29 bits per heavy atom. The Kier molecular flexibility index (Phi) is 4.38. The molecule has 1 aromatic carbocycles. The molecule has 0 aliphatic rings. The molecular formula is C10H8F2NO4-. The molecule has 0 radical (unpaired) electrons. The van der Waals surface area contributed by atoms with Crippen LogP contribution >= 0.6 is 0 Å². The molecule has 17 heavy (non-hydrogen) atoms. The lowest BCUT2D eigenvalue weighted by atomic mass is 10.2. The van der Waals surface area contributed by atoms with Crippen molar-refractivity contribution in [2.75, 3.05) is 6.54 Å². The first kappa shape index (κ1) is 12.9. The van der Waals surface area contributed by atoms with Crippen LogP contribution in [0.2, 0.25) is 0 Å². The standard InChI is InChI=1S/C10H9F2NO4/c11-10(12)17-7-3-1-6(2-4-7)9(16)13-5-8(14)15/h1-4,10H,5H2,(H,13,16)(H,14,15)/p-1. The second-order valence-electron chi connectivity index (χ2n) is 2.96. The van der Waals surface area contributed by atoms with Crippen molar-refractivity contribution < 1.29 is 28.2 Å². The Labute approximate surface area is 95.0 Å². The van der Waals surface area contributed by atoms with Gasteiger partial charge in [0.15, 0.2) is 0 Å². The van der Waals surface area contributed by atoms with Gasteiger partial charge in [-0.1, -0.05) is 0 Å². The molecule has 0 atom stereocenters. The highest BCUT2D eigenvalue weighted by Gasteiger charge is 2.07. The molecule has 1 amide bonds. The number of hydrogen-bond acceptors (Lipinski definition) is 4. The summed E-state index contributed by atoms with van der Waals surface area (Å²) in [4.78, 5) is 21.4.